The minimum Gasteiger partial charge on any atom is -0.298 e. The van der Waals surface area contributed by atoms with Crippen LogP contribution in [0.1, 0.15) is 20.7 Å². The van der Waals surface area contributed by atoms with Gasteiger partial charge in [-0.25, -0.2) is 9.32 Å². The van der Waals surface area contributed by atoms with Gasteiger partial charge in [0, 0.05) is 10.1 Å². The third-order valence-electron chi connectivity index (χ3n) is 2.39. The van der Waals surface area contributed by atoms with Gasteiger partial charge in [0.05, 0.1) is 5.56 Å². The quantitative estimate of drug-likeness (QED) is 0.623. The number of para-hydroxylation sites is 1. The normalized spacial score (nSPS) is 10.5. The molecule has 5 nitrogen and oxygen atoms in total. The van der Waals surface area contributed by atoms with Crippen molar-refractivity contribution in [2.45, 2.75) is 0 Å². The van der Waals surface area contributed by atoms with E-state index in [-0.39, 0.29) is 11.1 Å². The first-order valence-electron chi connectivity index (χ1n) is 5.67. The first-order chi connectivity index (χ1) is 9.70. The summed E-state index contributed by atoms with van der Waals surface area (Å²) >= 11 is 0. The van der Waals surface area contributed by atoms with Gasteiger partial charge in [0.25, 0.3) is 0 Å². The van der Waals surface area contributed by atoms with E-state index in [1.165, 1.54) is 12.1 Å². The second kappa shape index (κ2) is 6.59. The van der Waals surface area contributed by atoms with Crippen molar-refractivity contribution in [2.24, 2.45) is 0 Å². The van der Waals surface area contributed by atoms with Crippen LogP contribution in [-0.4, -0.2) is 12.3 Å². The van der Waals surface area contributed by atoms with E-state index in [1.54, 1.807) is 42.5 Å². The van der Waals surface area contributed by atoms with Crippen molar-refractivity contribution in [3.8, 4) is 5.75 Å². The first-order valence-corrected chi connectivity index (χ1v) is 6.77. The van der Waals surface area contributed by atoms with E-state index in [9.17, 15) is 14.2 Å². The van der Waals surface area contributed by atoms with Crippen LogP contribution in [0.3, 0.4) is 0 Å². The third kappa shape index (κ3) is 3.49. The molecule has 1 unspecified atom stereocenters. The molecular formula is C14H10O5P+. The molecule has 2 aromatic carbocycles. The maximum Gasteiger partial charge on any atom is 0.808 e. The van der Waals surface area contributed by atoms with Crippen molar-refractivity contribution in [1.29, 1.82) is 0 Å². The molecule has 1 atom stereocenters. The Bertz CT molecular complexity index is 639. The number of carbonyl (C=O) groups is 2. The van der Waals surface area contributed by atoms with Gasteiger partial charge in [0.2, 0.25) is 0 Å². The lowest BCUT2D eigenvalue weighted by atomic mass is 10.1. The summed E-state index contributed by atoms with van der Waals surface area (Å²) in [6, 6.07) is 14.4. The number of aldehydes is 1. The molecule has 0 heterocycles. The summed E-state index contributed by atoms with van der Waals surface area (Å²) in [6.45, 7) is 0. The van der Waals surface area contributed by atoms with E-state index < -0.39 is 14.2 Å². The van der Waals surface area contributed by atoms with Gasteiger partial charge < -0.3 is 0 Å². The molecule has 20 heavy (non-hydrogen) atoms. The molecule has 2 aromatic rings. The standard InChI is InChI=1S/C14H10O5P/c15-10-11-6-4-5-9-13(11)14(16)19-20(17)18-12-7-2-1-3-8-12/h1-10H/q+1. The van der Waals surface area contributed by atoms with Crippen LogP contribution in [0.4, 0.5) is 0 Å². The van der Waals surface area contributed by atoms with Crippen LogP contribution in [0.25, 0.3) is 0 Å². The number of hydrogen-bond donors (Lipinski definition) is 0. The Morgan fingerprint density at radius 2 is 1.65 bits per heavy atom. The van der Waals surface area contributed by atoms with Crippen LogP contribution in [0, 0.1) is 0 Å². The minimum atomic E-state index is -2.65. The molecule has 0 aliphatic rings. The maximum absolute atomic E-state index is 11.8. The molecule has 0 N–H and O–H groups in total. The van der Waals surface area contributed by atoms with Crippen LogP contribution in [-0.2, 0) is 9.09 Å². The summed E-state index contributed by atoms with van der Waals surface area (Å²) in [5.41, 5.74) is 0.211. The molecule has 0 bridgehead atoms. The summed E-state index contributed by atoms with van der Waals surface area (Å²) in [7, 11) is -2.65. The largest absolute Gasteiger partial charge is 0.808 e. The number of carbonyl (C=O) groups excluding carboxylic acids is 2. The smallest absolute Gasteiger partial charge is 0.298 e. The average molecular weight is 289 g/mol. The highest BCUT2D eigenvalue weighted by Crippen LogP contribution is 2.29. The van der Waals surface area contributed by atoms with Crippen molar-refractivity contribution in [3.63, 3.8) is 0 Å². The summed E-state index contributed by atoms with van der Waals surface area (Å²) < 4.78 is 21.2. The molecule has 100 valence electrons. The van der Waals surface area contributed by atoms with E-state index in [2.05, 4.69) is 4.52 Å². The second-order valence-electron chi connectivity index (χ2n) is 3.71. The summed E-state index contributed by atoms with van der Waals surface area (Å²) in [6.07, 6.45) is 0.529. The predicted molar refractivity (Wildman–Crippen MR) is 71.9 cm³/mol. The zero-order valence-electron chi connectivity index (χ0n) is 10.3. The fourth-order valence-corrected chi connectivity index (χ4v) is 2.05. The Kier molecular flexibility index (Phi) is 4.58. The summed E-state index contributed by atoms with van der Waals surface area (Å²) in [5.74, 6) is -0.546. The van der Waals surface area contributed by atoms with Crippen molar-refractivity contribution in [1.82, 2.24) is 0 Å². The molecule has 0 saturated heterocycles. The Hall–Kier alpha value is -2.52. The fourth-order valence-electron chi connectivity index (χ4n) is 1.49. The van der Waals surface area contributed by atoms with Gasteiger partial charge in [-0.15, -0.1) is 0 Å². The SMILES string of the molecule is O=Cc1ccccc1C(=O)O[P+](=O)Oc1ccccc1. The molecular weight excluding hydrogens is 279 g/mol. The molecule has 2 rings (SSSR count). The van der Waals surface area contributed by atoms with Gasteiger partial charge in [-0.3, -0.25) is 4.79 Å². The number of rotatable bonds is 5. The average Bonchev–Trinajstić information content (AvgIpc) is 2.48. The van der Waals surface area contributed by atoms with Crippen molar-refractivity contribution in [2.75, 3.05) is 0 Å². The van der Waals surface area contributed by atoms with Gasteiger partial charge >= 0.3 is 14.2 Å². The first kappa shape index (κ1) is 13.9. The molecule has 0 radical (unpaired) electrons. The zero-order valence-corrected chi connectivity index (χ0v) is 11.2. The molecule has 6 heteroatoms. The Balaban J connectivity index is 2.04. The van der Waals surface area contributed by atoms with Gasteiger partial charge in [-0.1, -0.05) is 36.4 Å². The minimum absolute atomic E-state index is 0.0440. The molecule has 0 fully saturated rings. The van der Waals surface area contributed by atoms with E-state index in [0.29, 0.717) is 12.0 Å². The summed E-state index contributed by atoms with van der Waals surface area (Å²) in [5, 5.41) is 0. The predicted octanol–water partition coefficient (Wildman–Crippen LogP) is 3.39. The van der Waals surface area contributed by atoms with Crippen LogP contribution < -0.4 is 4.52 Å². The van der Waals surface area contributed by atoms with E-state index in [1.807, 2.05) is 0 Å². The van der Waals surface area contributed by atoms with Crippen LogP contribution in [0.5, 0.6) is 5.75 Å². The summed E-state index contributed by atoms with van der Waals surface area (Å²) in [4.78, 5) is 22.6. The Labute approximate surface area is 116 Å². The maximum atomic E-state index is 11.8. The Morgan fingerprint density at radius 3 is 2.35 bits per heavy atom. The molecule has 0 aliphatic carbocycles. The Morgan fingerprint density at radius 1 is 1.00 bits per heavy atom. The highest BCUT2D eigenvalue weighted by molar-refractivity contribution is 7.34. The number of benzene rings is 2. The lowest BCUT2D eigenvalue weighted by Crippen LogP contribution is -2.05. The van der Waals surface area contributed by atoms with E-state index >= 15 is 0 Å². The molecule has 0 amide bonds. The highest BCUT2D eigenvalue weighted by Gasteiger charge is 2.29. The van der Waals surface area contributed by atoms with E-state index in [4.69, 9.17) is 4.52 Å². The van der Waals surface area contributed by atoms with Crippen molar-refractivity contribution in [3.05, 3.63) is 65.7 Å². The number of hydrogen-bond acceptors (Lipinski definition) is 5. The van der Waals surface area contributed by atoms with Gasteiger partial charge in [0.15, 0.2) is 12.0 Å². The molecule has 0 aromatic heterocycles. The van der Waals surface area contributed by atoms with Gasteiger partial charge in [0.1, 0.15) is 0 Å². The monoisotopic (exact) mass is 289 g/mol. The topological polar surface area (TPSA) is 69.7 Å². The van der Waals surface area contributed by atoms with Gasteiger partial charge in [-0.2, -0.15) is 4.52 Å². The zero-order chi connectivity index (χ0) is 14.4. The third-order valence-corrected chi connectivity index (χ3v) is 3.06. The van der Waals surface area contributed by atoms with Crippen LogP contribution in [0.15, 0.2) is 54.6 Å². The second-order valence-corrected chi connectivity index (χ2v) is 4.52. The highest BCUT2D eigenvalue weighted by atomic mass is 31.1. The lowest BCUT2D eigenvalue weighted by molar-refractivity contribution is 0.0730. The van der Waals surface area contributed by atoms with Crippen LogP contribution in [0.2, 0.25) is 0 Å². The van der Waals surface area contributed by atoms with Crippen molar-refractivity contribution >= 4 is 20.5 Å². The van der Waals surface area contributed by atoms with Gasteiger partial charge in [-0.05, 0) is 18.2 Å². The van der Waals surface area contributed by atoms with E-state index in [0.717, 1.165) is 0 Å². The fraction of sp³-hybridized carbons (Fsp3) is 0. The lowest BCUT2D eigenvalue weighted by Gasteiger charge is -1.97. The molecule has 0 saturated carbocycles. The molecule has 0 spiro atoms. The van der Waals surface area contributed by atoms with Crippen LogP contribution >= 0.6 is 8.25 Å². The molecule has 0 aliphatic heterocycles. The van der Waals surface area contributed by atoms with Crippen molar-refractivity contribution < 1.29 is 23.2 Å².